The molecule has 2 aliphatic rings. The minimum absolute atomic E-state index is 0.00120. The summed E-state index contributed by atoms with van der Waals surface area (Å²) in [5.41, 5.74) is 1.05. The number of hydrogen-bond donors (Lipinski definition) is 2. The first kappa shape index (κ1) is 18.2. The van der Waals surface area contributed by atoms with Crippen molar-refractivity contribution in [3.05, 3.63) is 16.1 Å². The van der Waals surface area contributed by atoms with Crippen LogP contribution in [0.1, 0.15) is 62.1 Å². The zero-order valence-electron chi connectivity index (χ0n) is 14.9. The van der Waals surface area contributed by atoms with E-state index in [9.17, 15) is 9.59 Å². The summed E-state index contributed by atoms with van der Waals surface area (Å²) < 4.78 is 0. The van der Waals surface area contributed by atoms with Crippen LogP contribution in [0.15, 0.2) is 5.38 Å². The van der Waals surface area contributed by atoms with E-state index in [-0.39, 0.29) is 11.9 Å². The maximum atomic E-state index is 12.3. The second kappa shape index (κ2) is 8.65. The van der Waals surface area contributed by atoms with Gasteiger partial charge in [-0.1, -0.05) is 12.8 Å². The molecule has 1 aliphatic carbocycles. The van der Waals surface area contributed by atoms with E-state index < -0.39 is 0 Å². The summed E-state index contributed by atoms with van der Waals surface area (Å²) >= 11 is 1.71. The molecule has 2 heterocycles. The summed E-state index contributed by atoms with van der Waals surface area (Å²) in [5, 5.41) is 9.25. The fraction of sp³-hybridized carbons (Fsp3) is 0.722. The van der Waals surface area contributed by atoms with Crippen LogP contribution >= 0.6 is 11.3 Å². The Morgan fingerprint density at radius 2 is 1.96 bits per heavy atom. The molecule has 1 saturated heterocycles. The van der Waals surface area contributed by atoms with E-state index in [0.29, 0.717) is 18.5 Å². The number of carbonyl (C=O) groups is 2. The molecule has 0 unspecified atom stereocenters. The standard InChI is InChI=1S/C18H28N4O2S/c1-13(23)19-9-6-16-12-25-17(20-16)14-7-10-22(11-8-14)18(24)21-15-4-2-3-5-15/h12,14-15H,2-11H2,1H3,(H,19,23)(H,21,24). The van der Waals surface area contributed by atoms with E-state index in [2.05, 4.69) is 16.0 Å². The molecule has 0 atom stereocenters. The molecule has 2 N–H and O–H groups in total. The molecule has 2 fully saturated rings. The van der Waals surface area contributed by atoms with Crippen LogP contribution in [0, 0.1) is 0 Å². The number of urea groups is 1. The number of nitrogens with zero attached hydrogens (tertiary/aromatic N) is 2. The zero-order chi connectivity index (χ0) is 17.6. The number of nitrogens with one attached hydrogen (secondary N) is 2. The third kappa shape index (κ3) is 5.17. The topological polar surface area (TPSA) is 74.3 Å². The number of rotatable bonds is 5. The molecule has 138 valence electrons. The van der Waals surface area contributed by atoms with Gasteiger partial charge in [-0.05, 0) is 25.7 Å². The fourth-order valence-corrected chi connectivity index (χ4v) is 4.68. The average Bonchev–Trinajstić information content (AvgIpc) is 3.26. The number of thiazole rings is 1. The van der Waals surface area contributed by atoms with E-state index in [1.165, 1.54) is 24.8 Å². The molecule has 1 aromatic heterocycles. The van der Waals surface area contributed by atoms with Crippen molar-refractivity contribution >= 4 is 23.3 Å². The van der Waals surface area contributed by atoms with Crippen LogP contribution in [0.25, 0.3) is 0 Å². The molecule has 0 spiro atoms. The quantitative estimate of drug-likeness (QED) is 0.843. The van der Waals surface area contributed by atoms with Crippen LogP contribution in [-0.4, -0.2) is 47.5 Å². The van der Waals surface area contributed by atoms with Gasteiger partial charge in [-0.15, -0.1) is 11.3 Å². The van der Waals surface area contributed by atoms with Gasteiger partial charge in [-0.2, -0.15) is 0 Å². The molecule has 3 amide bonds. The molecule has 0 bridgehead atoms. The van der Waals surface area contributed by atoms with Crippen LogP contribution in [-0.2, 0) is 11.2 Å². The van der Waals surface area contributed by atoms with Crippen molar-refractivity contribution in [1.29, 1.82) is 0 Å². The van der Waals surface area contributed by atoms with Gasteiger partial charge < -0.3 is 15.5 Å². The summed E-state index contributed by atoms with van der Waals surface area (Å²) in [6.45, 7) is 3.79. The van der Waals surface area contributed by atoms with Gasteiger partial charge in [0.05, 0.1) is 10.7 Å². The largest absolute Gasteiger partial charge is 0.356 e. The minimum atomic E-state index is -0.00120. The number of likely N-dealkylation sites (tertiary alicyclic amines) is 1. The average molecular weight is 365 g/mol. The Kier molecular flexibility index (Phi) is 6.29. The van der Waals surface area contributed by atoms with Crippen molar-refractivity contribution in [3.8, 4) is 0 Å². The first-order chi connectivity index (χ1) is 12.1. The predicted molar refractivity (Wildman–Crippen MR) is 98.8 cm³/mol. The van der Waals surface area contributed by atoms with E-state index in [1.54, 1.807) is 11.3 Å². The number of aromatic nitrogens is 1. The van der Waals surface area contributed by atoms with Crippen LogP contribution in [0.3, 0.4) is 0 Å². The van der Waals surface area contributed by atoms with Gasteiger partial charge in [-0.25, -0.2) is 9.78 Å². The molecular formula is C18H28N4O2S. The number of hydrogen-bond acceptors (Lipinski definition) is 4. The van der Waals surface area contributed by atoms with Crippen molar-refractivity contribution in [2.45, 2.75) is 63.8 Å². The Labute approximate surface area is 153 Å². The van der Waals surface area contributed by atoms with Gasteiger partial charge in [0.1, 0.15) is 0 Å². The maximum absolute atomic E-state index is 12.3. The number of piperidine rings is 1. The van der Waals surface area contributed by atoms with Gasteiger partial charge in [0, 0.05) is 50.3 Å². The van der Waals surface area contributed by atoms with Gasteiger partial charge in [0.15, 0.2) is 0 Å². The molecule has 25 heavy (non-hydrogen) atoms. The lowest BCUT2D eigenvalue weighted by Crippen LogP contribution is -2.47. The molecular weight excluding hydrogens is 336 g/mol. The van der Waals surface area contributed by atoms with Gasteiger partial charge in [-0.3, -0.25) is 4.79 Å². The van der Waals surface area contributed by atoms with Gasteiger partial charge in [0.25, 0.3) is 0 Å². The Balaban J connectivity index is 1.43. The lowest BCUT2D eigenvalue weighted by molar-refractivity contribution is -0.118. The highest BCUT2D eigenvalue weighted by Crippen LogP contribution is 2.30. The lowest BCUT2D eigenvalue weighted by atomic mass is 9.98. The first-order valence-electron chi connectivity index (χ1n) is 9.36. The fourth-order valence-electron chi connectivity index (χ4n) is 3.66. The number of amides is 3. The van der Waals surface area contributed by atoms with Gasteiger partial charge in [0.2, 0.25) is 5.91 Å². The summed E-state index contributed by atoms with van der Waals surface area (Å²) in [7, 11) is 0. The zero-order valence-corrected chi connectivity index (χ0v) is 15.7. The Morgan fingerprint density at radius 1 is 1.24 bits per heavy atom. The van der Waals surface area contributed by atoms with E-state index >= 15 is 0 Å². The van der Waals surface area contributed by atoms with Crippen LogP contribution < -0.4 is 10.6 Å². The molecule has 3 rings (SSSR count). The van der Waals surface area contributed by atoms with Crippen molar-refractivity contribution in [1.82, 2.24) is 20.5 Å². The van der Waals surface area contributed by atoms with E-state index in [1.807, 2.05) is 4.90 Å². The van der Waals surface area contributed by atoms with Crippen LogP contribution in [0.4, 0.5) is 4.79 Å². The maximum Gasteiger partial charge on any atom is 0.317 e. The summed E-state index contributed by atoms with van der Waals surface area (Å²) in [5.74, 6) is 0.453. The van der Waals surface area contributed by atoms with Crippen molar-refractivity contribution in [2.75, 3.05) is 19.6 Å². The first-order valence-corrected chi connectivity index (χ1v) is 10.2. The molecule has 1 saturated carbocycles. The van der Waals surface area contributed by atoms with Crippen LogP contribution in [0.5, 0.6) is 0 Å². The van der Waals surface area contributed by atoms with Crippen molar-refractivity contribution < 1.29 is 9.59 Å². The third-order valence-corrected chi connectivity index (χ3v) is 6.19. The Bertz CT molecular complexity index is 590. The smallest absolute Gasteiger partial charge is 0.317 e. The summed E-state index contributed by atoms with van der Waals surface area (Å²) in [6.07, 6.45) is 7.47. The highest BCUT2D eigenvalue weighted by Gasteiger charge is 2.27. The van der Waals surface area contributed by atoms with Crippen LogP contribution in [0.2, 0.25) is 0 Å². The molecule has 0 radical (unpaired) electrons. The summed E-state index contributed by atoms with van der Waals surface area (Å²) in [4.78, 5) is 29.9. The molecule has 6 nitrogen and oxygen atoms in total. The van der Waals surface area contributed by atoms with Crippen molar-refractivity contribution in [3.63, 3.8) is 0 Å². The SMILES string of the molecule is CC(=O)NCCc1csc(C2CCN(C(=O)NC3CCCC3)CC2)n1. The van der Waals surface area contributed by atoms with E-state index in [0.717, 1.165) is 50.9 Å². The highest BCUT2D eigenvalue weighted by molar-refractivity contribution is 7.09. The number of carbonyl (C=O) groups excluding carboxylic acids is 2. The molecule has 1 aliphatic heterocycles. The minimum Gasteiger partial charge on any atom is -0.356 e. The van der Waals surface area contributed by atoms with Gasteiger partial charge >= 0.3 is 6.03 Å². The highest BCUT2D eigenvalue weighted by atomic mass is 32.1. The second-order valence-corrected chi connectivity index (χ2v) is 7.99. The second-order valence-electron chi connectivity index (χ2n) is 7.10. The lowest BCUT2D eigenvalue weighted by Gasteiger charge is -2.32. The van der Waals surface area contributed by atoms with Crippen molar-refractivity contribution in [2.24, 2.45) is 0 Å². The molecule has 7 heteroatoms. The molecule has 0 aromatic carbocycles. The molecule has 1 aromatic rings. The third-order valence-electron chi connectivity index (χ3n) is 5.14. The van der Waals surface area contributed by atoms with E-state index in [4.69, 9.17) is 4.98 Å². The Morgan fingerprint density at radius 3 is 2.64 bits per heavy atom. The predicted octanol–water partition coefficient (Wildman–Crippen LogP) is 2.65. The Hall–Kier alpha value is -1.63. The summed E-state index contributed by atoms with van der Waals surface area (Å²) in [6, 6.07) is 0.496. The monoisotopic (exact) mass is 364 g/mol. The normalized spacial score (nSPS) is 19.2.